The molecule has 1 rings (SSSR count). The Labute approximate surface area is 177 Å². The highest BCUT2D eigenvalue weighted by atomic mass is 16.5. The Kier molecular flexibility index (Phi) is 14.8. The fourth-order valence-corrected chi connectivity index (χ4v) is 3.51. The van der Waals surface area contributed by atoms with Gasteiger partial charge in [0.15, 0.2) is 6.29 Å². The second-order valence-corrected chi connectivity index (χ2v) is 8.01. The quantitative estimate of drug-likeness (QED) is 0.120. The molecule has 0 amide bonds. The zero-order chi connectivity index (χ0) is 21.2. The average Bonchev–Trinajstić information content (AvgIpc) is 2.71. The summed E-state index contributed by atoms with van der Waals surface area (Å²) in [6.45, 7) is 2.26. The third kappa shape index (κ3) is 13.1. The van der Waals surface area contributed by atoms with E-state index in [0.29, 0.717) is 12.7 Å². The normalized spacial score (nSPS) is 10.8. The van der Waals surface area contributed by atoms with Crippen molar-refractivity contribution in [3.8, 4) is 11.5 Å². The fourth-order valence-electron chi connectivity index (χ4n) is 3.51. The molecule has 1 aromatic carbocycles. The van der Waals surface area contributed by atoms with Crippen LogP contribution in [0.25, 0.3) is 0 Å². The lowest BCUT2D eigenvalue weighted by Crippen LogP contribution is -2.07. The van der Waals surface area contributed by atoms with Crippen LogP contribution in [0, 0.1) is 0 Å². The van der Waals surface area contributed by atoms with E-state index in [4.69, 9.17) is 4.74 Å². The van der Waals surface area contributed by atoms with Crippen molar-refractivity contribution >= 4 is 12.3 Å². The predicted octanol–water partition coefficient (Wildman–Crippen LogP) is 7.37. The molecule has 29 heavy (non-hydrogen) atoms. The molecule has 0 aliphatic rings. The van der Waals surface area contributed by atoms with Crippen LogP contribution < -0.4 is 4.74 Å². The van der Waals surface area contributed by atoms with Gasteiger partial charge in [-0.25, -0.2) is 0 Å². The summed E-state index contributed by atoms with van der Waals surface area (Å²) in [6.07, 6.45) is 20.3. The molecule has 0 saturated heterocycles. The number of rotatable bonds is 18. The van der Waals surface area contributed by atoms with Gasteiger partial charge < -0.3 is 9.84 Å². The summed E-state index contributed by atoms with van der Waals surface area (Å²) in [5.74, 6) is -0.186. The van der Waals surface area contributed by atoms with Crippen LogP contribution in [-0.4, -0.2) is 17.4 Å². The topological polar surface area (TPSA) is 63.6 Å². The smallest absolute Gasteiger partial charge is 0.311 e. The number of esters is 1. The van der Waals surface area contributed by atoms with Gasteiger partial charge in [-0.1, -0.05) is 96.8 Å². The van der Waals surface area contributed by atoms with Gasteiger partial charge in [0.25, 0.3) is 0 Å². The molecule has 0 aliphatic carbocycles. The molecule has 1 aromatic rings. The molecule has 0 aliphatic heterocycles. The Bertz CT molecular complexity index is 568. The summed E-state index contributed by atoms with van der Waals surface area (Å²) >= 11 is 0. The van der Waals surface area contributed by atoms with Gasteiger partial charge in [0.2, 0.25) is 0 Å². The van der Waals surface area contributed by atoms with E-state index in [9.17, 15) is 14.7 Å². The molecular weight excluding hydrogens is 364 g/mol. The molecule has 0 atom stereocenters. The minimum atomic E-state index is -0.294. The average molecular weight is 405 g/mol. The number of hydrogen-bond acceptors (Lipinski definition) is 4. The van der Waals surface area contributed by atoms with Crippen LogP contribution in [0.1, 0.15) is 120 Å². The van der Waals surface area contributed by atoms with Crippen molar-refractivity contribution in [2.24, 2.45) is 0 Å². The number of phenolic OH excluding ortho intramolecular Hbond substituents is 1. The number of carbonyl (C=O) groups excluding carboxylic acids is 2. The van der Waals surface area contributed by atoms with Crippen LogP contribution in [0.3, 0.4) is 0 Å². The van der Waals surface area contributed by atoms with Crippen molar-refractivity contribution in [3.05, 3.63) is 23.8 Å². The molecule has 1 N–H and O–H groups in total. The van der Waals surface area contributed by atoms with Crippen LogP contribution >= 0.6 is 0 Å². The van der Waals surface area contributed by atoms with E-state index in [1.807, 2.05) is 0 Å². The van der Waals surface area contributed by atoms with Gasteiger partial charge in [-0.05, 0) is 18.6 Å². The van der Waals surface area contributed by atoms with E-state index in [-0.39, 0.29) is 23.0 Å². The maximum absolute atomic E-state index is 11.8. The first kappa shape index (κ1) is 25.2. The number of carbonyl (C=O) groups is 2. The molecule has 0 saturated carbocycles. The van der Waals surface area contributed by atoms with Crippen LogP contribution in [0.15, 0.2) is 18.2 Å². The number of aldehydes is 1. The highest BCUT2D eigenvalue weighted by Crippen LogP contribution is 2.22. The second-order valence-electron chi connectivity index (χ2n) is 8.01. The highest BCUT2D eigenvalue weighted by Gasteiger charge is 2.07. The van der Waals surface area contributed by atoms with E-state index < -0.39 is 0 Å². The van der Waals surface area contributed by atoms with Gasteiger partial charge >= 0.3 is 5.97 Å². The largest absolute Gasteiger partial charge is 0.507 e. The van der Waals surface area contributed by atoms with Crippen LogP contribution in [-0.2, 0) is 4.79 Å². The van der Waals surface area contributed by atoms with E-state index >= 15 is 0 Å². The van der Waals surface area contributed by atoms with Crippen molar-refractivity contribution in [1.29, 1.82) is 0 Å². The Morgan fingerprint density at radius 1 is 0.828 bits per heavy atom. The molecule has 0 radical (unpaired) electrons. The molecule has 0 aromatic heterocycles. The summed E-state index contributed by atoms with van der Waals surface area (Å²) in [6, 6.07) is 4.26. The van der Waals surface area contributed by atoms with Gasteiger partial charge in [0.05, 0.1) is 5.56 Å². The lowest BCUT2D eigenvalue weighted by molar-refractivity contribution is -0.134. The van der Waals surface area contributed by atoms with E-state index in [1.165, 1.54) is 102 Å². The first-order valence-corrected chi connectivity index (χ1v) is 11.7. The Balaban J connectivity index is 1.90. The Morgan fingerprint density at radius 2 is 1.31 bits per heavy atom. The van der Waals surface area contributed by atoms with Crippen LogP contribution in [0.4, 0.5) is 0 Å². The second kappa shape index (κ2) is 17.1. The first-order valence-electron chi connectivity index (χ1n) is 11.7. The first-order chi connectivity index (χ1) is 14.2. The predicted molar refractivity (Wildman–Crippen MR) is 119 cm³/mol. The Morgan fingerprint density at radius 3 is 1.76 bits per heavy atom. The maximum atomic E-state index is 11.8. The molecule has 0 spiro atoms. The van der Waals surface area contributed by atoms with E-state index in [1.54, 1.807) is 0 Å². The molecule has 0 unspecified atom stereocenters. The Hall–Kier alpha value is -1.84. The monoisotopic (exact) mass is 404 g/mol. The lowest BCUT2D eigenvalue weighted by Gasteiger charge is -2.06. The number of aromatic hydroxyl groups is 1. The summed E-state index contributed by atoms with van der Waals surface area (Å²) < 4.78 is 5.20. The number of phenols is 1. The molecule has 0 bridgehead atoms. The number of benzene rings is 1. The summed E-state index contributed by atoms with van der Waals surface area (Å²) in [7, 11) is 0. The third-order valence-electron chi connectivity index (χ3n) is 5.35. The van der Waals surface area contributed by atoms with Crippen molar-refractivity contribution in [2.75, 3.05) is 0 Å². The molecule has 0 fully saturated rings. The molecule has 4 nitrogen and oxygen atoms in total. The molecule has 164 valence electrons. The summed E-state index contributed by atoms with van der Waals surface area (Å²) in [5.41, 5.74) is 0.187. The van der Waals surface area contributed by atoms with Gasteiger partial charge in [0.1, 0.15) is 11.5 Å². The third-order valence-corrected chi connectivity index (χ3v) is 5.35. The summed E-state index contributed by atoms with van der Waals surface area (Å²) in [4.78, 5) is 22.5. The van der Waals surface area contributed by atoms with Crippen molar-refractivity contribution in [2.45, 2.75) is 110 Å². The number of ether oxygens (including phenoxy) is 1. The standard InChI is InChI=1S/C25H40O4/c1-2-3-4-5-6-7-8-9-10-11-12-13-14-15-16-17-25(28)29-23-19-18-22(21-26)24(27)20-23/h18-21,27H,2-17H2,1H3. The van der Waals surface area contributed by atoms with E-state index in [0.717, 1.165) is 12.8 Å². The minimum absolute atomic E-state index is 0.169. The highest BCUT2D eigenvalue weighted by molar-refractivity contribution is 5.80. The van der Waals surface area contributed by atoms with Gasteiger partial charge in [-0.2, -0.15) is 0 Å². The zero-order valence-electron chi connectivity index (χ0n) is 18.3. The van der Waals surface area contributed by atoms with Gasteiger partial charge in [-0.15, -0.1) is 0 Å². The van der Waals surface area contributed by atoms with Gasteiger partial charge in [-0.3, -0.25) is 9.59 Å². The van der Waals surface area contributed by atoms with E-state index in [2.05, 4.69) is 6.92 Å². The maximum Gasteiger partial charge on any atom is 0.311 e. The SMILES string of the molecule is CCCCCCCCCCCCCCCCCC(=O)Oc1ccc(C=O)c(O)c1. The van der Waals surface area contributed by atoms with Gasteiger partial charge in [0, 0.05) is 12.5 Å². The number of unbranched alkanes of at least 4 members (excludes halogenated alkanes) is 14. The van der Waals surface area contributed by atoms with Crippen LogP contribution in [0.2, 0.25) is 0 Å². The number of hydrogen-bond donors (Lipinski definition) is 1. The van der Waals surface area contributed by atoms with Crippen molar-refractivity contribution in [1.82, 2.24) is 0 Å². The fraction of sp³-hybridized carbons (Fsp3) is 0.680. The molecule has 4 heteroatoms. The van der Waals surface area contributed by atoms with Crippen LogP contribution in [0.5, 0.6) is 11.5 Å². The zero-order valence-corrected chi connectivity index (χ0v) is 18.3. The molecule has 0 heterocycles. The summed E-state index contributed by atoms with van der Waals surface area (Å²) in [5, 5.41) is 9.60. The van der Waals surface area contributed by atoms with Crippen molar-refractivity contribution in [3.63, 3.8) is 0 Å². The minimum Gasteiger partial charge on any atom is -0.507 e. The lowest BCUT2D eigenvalue weighted by atomic mass is 10.0. The van der Waals surface area contributed by atoms with Crippen molar-refractivity contribution < 1.29 is 19.4 Å². The molecular formula is C25H40O4.